The number of rotatable bonds is 2. The van der Waals surface area contributed by atoms with Crippen LogP contribution in [0.4, 0.5) is 11.4 Å². The molecule has 0 spiro atoms. The van der Waals surface area contributed by atoms with E-state index in [9.17, 15) is 4.79 Å². The minimum absolute atomic E-state index is 0.00583. The molecule has 0 bridgehead atoms. The van der Waals surface area contributed by atoms with Gasteiger partial charge in [-0.2, -0.15) is 0 Å². The first kappa shape index (κ1) is 13.8. The van der Waals surface area contributed by atoms with E-state index in [1.165, 1.54) is 11.8 Å². The number of carbonyl (C=O) groups is 1. The van der Waals surface area contributed by atoms with Crippen LogP contribution in [-0.2, 0) is 4.79 Å². The molecule has 20 heavy (non-hydrogen) atoms. The molecule has 0 saturated heterocycles. The van der Waals surface area contributed by atoms with Crippen molar-refractivity contribution in [1.82, 2.24) is 0 Å². The maximum absolute atomic E-state index is 12.7. The van der Waals surface area contributed by atoms with Crippen LogP contribution in [0.1, 0.15) is 10.8 Å². The Morgan fingerprint density at radius 1 is 1.05 bits per heavy atom. The van der Waals surface area contributed by atoms with E-state index in [-0.39, 0.29) is 11.2 Å². The number of amides is 1. The zero-order chi connectivity index (χ0) is 14.3. The number of nitrogens with zero attached hydrogens (tertiary/aromatic N) is 1. The molecule has 1 amide bonds. The minimum Gasteiger partial charge on any atom is -0.276 e. The van der Waals surface area contributed by atoms with Gasteiger partial charge in [0.25, 0.3) is 0 Å². The van der Waals surface area contributed by atoms with Crippen LogP contribution in [0, 0.1) is 0 Å². The Bertz CT molecular complexity index is 669. The van der Waals surface area contributed by atoms with Gasteiger partial charge in [-0.15, -0.1) is 11.8 Å². The van der Waals surface area contributed by atoms with Crippen molar-refractivity contribution >= 4 is 52.2 Å². The van der Waals surface area contributed by atoms with E-state index in [1.54, 1.807) is 23.1 Å². The third-order valence-corrected chi connectivity index (χ3v) is 4.84. The number of carbonyl (C=O) groups excluding carboxylic acids is 1. The third kappa shape index (κ3) is 2.01. The van der Waals surface area contributed by atoms with Gasteiger partial charge in [-0.25, -0.2) is 0 Å². The van der Waals surface area contributed by atoms with Gasteiger partial charge in [-0.3, -0.25) is 9.69 Å². The van der Waals surface area contributed by atoms with Gasteiger partial charge in [0.15, 0.2) is 0 Å². The molecule has 0 aromatic heterocycles. The highest BCUT2D eigenvalue weighted by Gasteiger charge is 2.38. The fraction of sp³-hybridized carbons (Fsp3) is 0.133. The lowest BCUT2D eigenvalue weighted by Gasteiger charge is -2.20. The predicted octanol–water partition coefficient (Wildman–Crippen LogP) is 5.08. The van der Waals surface area contributed by atoms with Crippen molar-refractivity contribution in [3.8, 4) is 0 Å². The molecular formula is C15H11Cl2NOS. The van der Waals surface area contributed by atoms with E-state index in [4.69, 9.17) is 23.2 Å². The lowest BCUT2D eigenvalue weighted by atomic mass is 10.1. The topological polar surface area (TPSA) is 20.3 Å². The monoisotopic (exact) mass is 323 g/mol. The SMILES string of the molecule is CSC1C(=O)N(c2c(Cl)cccc2Cl)c2ccccc21. The summed E-state index contributed by atoms with van der Waals surface area (Å²) in [6.45, 7) is 0. The normalized spacial score (nSPS) is 17.4. The Morgan fingerprint density at radius 3 is 2.35 bits per heavy atom. The molecule has 2 aromatic carbocycles. The number of hydrogen-bond acceptors (Lipinski definition) is 2. The summed E-state index contributed by atoms with van der Waals surface area (Å²) in [6, 6.07) is 13.0. The van der Waals surface area contributed by atoms with E-state index in [2.05, 4.69) is 0 Å². The standard InChI is InChI=1S/C15H11Cl2NOS/c1-20-14-9-5-2-3-8-12(9)18(15(14)19)13-10(16)6-4-7-11(13)17/h2-8,14H,1H3. The molecule has 1 heterocycles. The number of fused-ring (bicyclic) bond motifs is 1. The number of halogens is 2. The van der Waals surface area contributed by atoms with E-state index in [1.807, 2.05) is 30.5 Å². The Kier molecular flexibility index (Phi) is 3.67. The molecule has 2 aromatic rings. The van der Waals surface area contributed by atoms with Crippen molar-refractivity contribution in [2.24, 2.45) is 0 Å². The first-order chi connectivity index (χ1) is 9.65. The summed E-state index contributed by atoms with van der Waals surface area (Å²) in [4.78, 5) is 14.3. The molecule has 1 aliphatic heterocycles. The van der Waals surface area contributed by atoms with Gasteiger partial charge in [0.05, 0.1) is 21.4 Å². The summed E-state index contributed by atoms with van der Waals surface area (Å²) in [7, 11) is 0. The van der Waals surface area contributed by atoms with Crippen LogP contribution >= 0.6 is 35.0 Å². The summed E-state index contributed by atoms with van der Waals surface area (Å²) in [5.41, 5.74) is 2.41. The number of hydrogen-bond donors (Lipinski definition) is 0. The Labute approximate surface area is 131 Å². The number of anilines is 2. The van der Waals surface area contributed by atoms with E-state index in [0.29, 0.717) is 15.7 Å². The molecule has 0 fully saturated rings. The van der Waals surface area contributed by atoms with Gasteiger partial charge in [-0.1, -0.05) is 47.5 Å². The van der Waals surface area contributed by atoms with Crippen molar-refractivity contribution in [2.75, 3.05) is 11.2 Å². The maximum Gasteiger partial charge on any atom is 0.249 e. The fourth-order valence-corrected chi connectivity index (χ4v) is 3.77. The van der Waals surface area contributed by atoms with Gasteiger partial charge in [-0.05, 0) is 30.0 Å². The highest BCUT2D eigenvalue weighted by molar-refractivity contribution is 7.99. The van der Waals surface area contributed by atoms with Crippen LogP contribution < -0.4 is 4.90 Å². The van der Waals surface area contributed by atoms with Crippen LogP contribution in [0.25, 0.3) is 0 Å². The van der Waals surface area contributed by atoms with Crippen molar-refractivity contribution in [3.05, 3.63) is 58.1 Å². The fourth-order valence-electron chi connectivity index (χ4n) is 2.44. The Hall–Kier alpha value is -1.16. The molecule has 102 valence electrons. The predicted molar refractivity (Wildman–Crippen MR) is 86.3 cm³/mol. The Morgan fingerprint density at radius 2 is 1.70 bits per heavy atom. The quantitative estimate of drug-likeness (QED) is 0.768. The molecule has 2 nitrogen and oxygen atoms in total. The van der Waals surface area contributed by atoms with Gasteiger partial charge < -0.3 is 0 Å². The van der Waals surface area contributed by atoms with Gasteiger partial charge in [0, 0.05) is 0 Å². The molecule has 0 saturated carbocycles. The molecule has 1 atom stereocenters. The van der Waals surface area contributed by atoms with Crippen LogP contribution in [0.3, 0.4) is 0 Å². The van der Waals surface area contributed by atoms with Crippen LogP contribution in [-0.4, -0.2) is 12.2 Å². The van der Waals surface area contributed by atoms with E-state index >= 15 is 0 Å². The number of thioether (sulfide) groups is 1. The van der Waals surface area contributed by atoms with Crippen molar-refractivity contribution < 1.29 is 4.79 Å². The number of benzene rings is 2. The largest absolute Gasteiger partial charge is 0.276 e. The zero-order valence-electron chi connectivity index (χ0n) is 10.6. The highest BCUT2D eigenvalue weighted by atomic mass is 35.5. The average molecular weight is 324 g/mol. The van der Waals surface area contributed by atoms with Crippen LogP contribution in [0.2, 0.25) is 10.0 Å². The smallest absolute Gasteiger partial charge is 0.249 e. The molecule has 5 heteroatoms. The molecule has 1 aliphatic rings. The van der Waals surface area contributed by atoms with Crippen LogP contribution in [0.5, 0.6) is 0 Å². The minimum atomic E-state index is -0.210. The summed E-state index contributed by atoms with van der Waals surface area (Å²) < 4.78 is 0. The summed E-state index contributed by atoms with van der Waals surface area (Å²) in [5, 5.41) is 0.739. The van der Waals surface area contributed by atoms with E-state index in [0.717, 1.165) is 11.3 Å². The molecule has 1 unspecified atom stereocenters. The maximum atomic E-state index is 12.7. The van der Waals surface area contributed by atoms with Gasteiger partial charge >= 0.3 is 0 Å². The summed E-state index contributed by atoms with van der Waals surface area (Å²) in [5.74, 6) is -0.00583. The lowest BCUT2D eigenvalue weighted by Crippen LogP contribution is -2.23. The first-order valence-electron chi connectivity index (χ1n) is 6.05. The van der Waals surface area contributed by atoms with Gasteiger partial charge in [0.1, 0.15) is 5.25 Å². The van der Waals surface area contributed by atoms with Gasteiger partial charge in [0.2, 0.25) is 5.91 Å². The molecular weight excluding hydrogens is 313 g/mol. The van der Waals surface area contributed by atoms with Crippen LogP contribution in [0.15, 0.2) is 42.5 Å². The third-order valence-electron chi connectivity index (χ3n) is 3.30. The summed E-state index contributed by atoms with van der Waals surface area (Å²) >= 11 is 14.0. The molecule has 0 aliphatic carbocycles. The van der Waals surface area contributed by atoms with Crippen molar-refractivity contribution in [2.45, 2.75) is 5.25 Å². The van der Waals surface area contributed by atoms with E-state index < -0.39 is 0 Å². The Balaban J connectivity index is 2.22. The molecule has 0 radical (unpaired) electrons. The lowest BCUT2D eigenvalue weighted by molar-refractivity contribution is -0.116. The van der Waals surface area contributed by atoms with Crippen molar-refractivity contribution in [1.29, 1.82) is 0 Å². The highest BCUT2D eigenvalue weighted by Crippen LogP contribution is 2.49. The summed E-state index contributed by atoms with van der Waals surface area (Å²) in [6.07, 6.45) is 1.93. The number of para-hydroxylation sites is 2. The first-order valence-corrected chi connectivity index (χ1v) is 8.09. The molecule has 0 N–H and O–H groups in total. The second-order valence-electron chi connectivity index (χ2n) is 4.42. The van der Waals surface area contributed by atoms with Crippen molar-refractivity contribution in [3.63, 3.8) is 0 Å². The zero-order valence-corrected chi connectivity index (χ0v) is 13.0. The second kappa shape index (κ2) is 5.32. The average Bonchev–Trinajstić information content (AvgIpc) is 2.71. The molecule has 3 rings (SSSR count). The second-order valence-corrected chi connectivity index (χ2v) is 6.18.